The van der Waals surface area contributed by atoms with Crippen molar-refractivity contribution in [1.82, 2.24) is 4.98 Å². The van der Waals surface area contributed by atoms with Crippen LogP contribution in [0.5, 0.6) is 0 Å². The summed E-state index contributed by atoms with van der Waals surface area (Å²) in [6.45, 7) is 4.44. The maximum Gasteiger partial charge on any atom is 0.315 e. The van der Waals surface area contributed by atoms with E-state index in [1.54, 1.807) is 11.3 Å². The van der Waals surface area contributed by atoms with Crippen molar-refractivity contribution in [3.05, 3.63) is 15.6 Å². The Labute approximate surface area is 110 Å². The third-order valence-electron chi connectivity index (χ3n) is 2.76. The third kappa shape index (κ3) is 2.83. The number of aromatic nitrogens is 1. The van der Waals surface area contributed by atoms with E-state index in [1.807, 2.05) is 18.7 Å². The van der Waals surface area contributed by atoms with E-state index in [0.29, 0.717) is 6.61 Å². The number of aryl methyl sites for hydroxylation is 1. The molecule has 0 saturated heterocycles. The standard InChI is InChI=1S/C12H17NO2S2/c1-3-15-12(14)8-5-6-9-11(8)13-10(17-9)7-16-4-2/h8H,3-7H2,1-2H3. The second-order valence-corrected chi connectivity index (χ2v) is 6.34. The first-order chi connectivity index (χ1) is 8.26. The highest BCUT2D eigenvalue weighted by atomic mass is 32.2. The molecule has 0 aliphatic heterocycles. The average molecular weight is 271 g/mol. The molecule has 0 N–H and O–H groups in total. The van der Waals surface area contributed by atoms with Crippen molar-refractivity contribution in [1.29, 1.82) is 0 Å². The van der Waals surface area contributed by atoms with Crippen molar-refractivity contribution >= 4 is 29.1 Å². The molecule has 5 heteroatoms. The molecule has 0 saturated carbocycles. The molecule has 3 nitrogen and oxygen atoms in total. The quantitative estimate of drug-likeness (QED) is 0.772. The Morgan fingerprint density at radius 2 is 2.41 bits per heavy atom. The number of hydrogen-bond donors (Lipinski definition) is 0. The molecule has 0 aromatic carbocycles. The number of carbonyl (C=O) groups excluding carboxylic acids is 1. The molecule has 2 rings (SSSR count). The van der Waals surface area contributed by atoms with E-state index in [1.165, 1.54) is 4.88 Å². The fourth-order valence-electron chi connectivity index (χ4n) is 2.00. The Kier molecular flexibility index (Phi) is 4.45. The van der Waals surface area contributed by atoms with Gasteiger partial charge in [0.05, 0.1) is 12.3 Å². The maximum atomic E-state index is 11.8. The second-order valence-electron chi connectivity index (χ2n) is 3.90. The average Bonchev–Trinajstić information content (AvgIpc) is 2.85. The molecule has 0 bridgehead atoms. The number of hydrogen-bond acceptors (Lipinski definition) is 5. The van der Waals surface area contributed by atoms with E-state index in [9.17, 15) is 4.79 Å². The molecule has 17 heavy (non-hydrogen) atoms. The molecule has 0 amide bonds. The van der Waals surface area contributed by atoms with Crippen LogP contribution in [0, 0.1) is 0 Å². The highest BCUT2D eigenvalue weighted by molar-refractivity contribution is 7.98. The van der Waals surface area contributed by atoms with Crippen LogP contribution in [0.3, 0.4) is 0 Å². The lowest BCUT2D eigenvalue weighted by Gasteiger charge is -2.07. The molecular formula is C12H17NO2S2. The molecular weight excluding hydrogens is 254 g/mol. The van der Waals surface area contributed by atoms with Crippen LogP contribution >= 0.6 is 23.1 Å². The Morgan fingerprint density at radius 3 is 3.12 bits per heavy atom. The number of thioether (sulfide) groups is 1. The van der Waals surface area contributed by atoms with Crippen LogP contribution in [0.15, 0.2) is 0 Å². The van der Waals surface area contributed by atoms with Crippen LogP contribution in [0.1, 0.15) is 41.8 Å². The first kappa shape index (κ1) is 12.9. The molecule has 1 aliphatic carbocycles. The first-order valence-corrected chi connectivity index (χ1v) is 7.96. The zero-order valence-corrected chi connectivity index (χ0v) is 11.8. The summed E-state index contributed by atoms with van der Waals surface area (Å²) in [5.74, 6) is 1.85. The number of fused-ring (bicyclic) bond motifs is 1. The minimum atomic E-state index is -0.110. The first-order valence-electron chi connectivity index (χ1n) is 5.99. The van der Waals surface area contributed by atoms with Gasteiger partial charge in [0, 0.05) is 10.6 Å². The maximum absolute atomic E-state index is 11.8. The molecule has 94 valence electrons. The van der Waals surface area contributed by atoms with Crippen molar-refractivity contribution in [2.75, 3.05) is 12.4 Å². The molecule has 1 aliphatic rings. The van der Waals surface area contributed by atoms with Crippen LogP contribution in [0.2, 0.25) is 0 Å². The van der Waals surface area contributed by atoms with Gasteiger partial charge >= 0.3 is 5.97 Å². The van der Waals surface area contributed by atoms with Gasteiger partial charge in [-0.2, -0.15) is 11.8 Å². The molecule has 1 aromatic heterocycles. The summed E-state index contributed by atoms with van der Waals surface area (Å²) in [4.78, 5) is 17.7. The van der Waals surface area contributed by atoms with E-state index in [0.717, 1.165) is 35.0 Å². The summed E-state index contributed by atoms with van der Waals surface area (Å²) in [7, 11) is 0. The summed E-state index contributed by atoms with van der Waals surface area (Å²) < 4.78 is 5.09. The lowest BCUT2D eigenvalue weighted by atomic mass is 10.1. The number of carbonyl (C=O) groups is 1. The molecule has 1 aromatic rings. The highest BCUT2D eigenvalue weighted by Crippen LogP contribution is 2.37. The van der Waals surface area contributed by atoms with Gasteiger partial charge in [-0.1, -0.05) is 6.92 Å². The molecule has 0 radical (unpaired) electrons. The van der Waals surface area contributed by atoms with Gasteiger partial charge in [0.15, 0.2) is 0 Å². The van der Waals surface area contributed by atoms with Crippen molar-refractivity contribution in [3.63, 3.8) is 0 Å². The zero-order chi connectivity index (χ0) is 12.3. The number of rotatable bonds is 5. The monoisotopic (exact) mass is 271 g/mol. The minimum absolute atomic E-state index is 0.105. The normalized spacial score (nSPS) is 18.1. The van der Waals surface area contributed by atoms with E-state index in [4.69, 9.17) is 4.74 Å². The van der Waals surface area contributed by atoms with Gasteiger partial charge in [0.2, 0.25) is 0 Å². The summed E-state index contributed by atoms with van der Waals surface area (Å²) in [5, 5.41) is 1.15. The Bertz CT molecular complexity index is 403. The molecule has 1 atom stereocenters. The highest BCUT2D eigenvalue weighted by Gasteiger charge is 2.33. The summed E-state index contributed by atoms with van der Waals surface area (Å²) in [5.41, 5.74) is 0.986. The fourth-order valence-corrected chi connectivity index (χ4v) is 3.87. The van der Waals surface area contributed by atoms with Gasteiger partial charge in [-0.15, -0.1) is 11.3 Å². The zero-order valence-electron chi connectivity index (χ0n) is 10.2. The number of ether oxygens (including phenoxy) is 1. The molecule has 1 unspecified atom stereocenters. The smallest absolute Gasteiger partial charge is 0.315 e. The molecule has 0 spiro atoms. The lowest BCUT2D eigenvalue weighted by molar-refractivity contribution is -0.145. The van der Waals surface area contributed by atoms with Crippen LogP contribution in [-0.2, 0) is 21.7 Å². The van der Waals surface area contributed by atoms with Crippen molar-refractivity contribution in [3.8, 4) is 0 Å². The van der Waals surface area contributed by atoms with Gasteiger partial charge in [-0.05, 0) is 25.5 Å². The number of thiazole rings is 1. The third-order valence-corrected chi connectivity index (χ3v) is 4.96. The lowest BCUT2D eigenvalue weighted by Crippen LogP contribution is -2.14. The Morgan fingerprint density at radius 1 is 1.59 bits per heavy atom. The predicted molar refractivity (Wildman–Crippen MR) is 71.6 cm³/mol. The van der Waals surface area contributed by atoms with Crippen molar-refractivity contribution < 1.29 is 9.53 Å². The van der Waals surface area contributed by atoms with E-state index in [-0.39, 0.29) is 11.9 Å². The molecule has 0 fully saturated rings. The van der Waals surface area contributed by atoms with Crippen LogP contribution in [0.4, 0.5) is 0 Å². The van der Waals surface area contributed by atoms with Gasteiger partial charge in [0.25, 0.3) is 0 Å². The Balaban J connectivity index is 2.08. The fraction of sp³-hybridized carbons (Fsp3) is 0.667. The largest absolute Gasteiger partial charge is 0.465 e. The van der Waals surface area contributed by atoms with Crippen molar-refractivity contribution in [2.24, 2.45) is 0 Å². The van der Waals surface area contributed by atoms with Gasteiger partial charge in [0.1, 0.15) is 10.9 Å². The van der Waals surface area contributed by atoms with Crippen LogP contribution in [0.25, 0.3) is 0 Å². The minimum Gasteiger partial charge on any atom is -0.465 e. The topological polar surface area (TPSA) is 39.2 Å². The van der Waals surface area contributed by atoms with Gasteiger partial charge < -0.3 is 4.74 Å². The number of esters is 1. The Hall–Kier alpha value is -0.550. The van der Waals surface area contributed by atoms with E-state index in [2.05, 4.69) is 11.9 Å². The van der Waals surface area contributed by atoms with Gasteiger partial charge in [-0.25, -0.2) is 4.98 Å². The predicted octanol–water partition coefficient (Wildman–Crippen LogP) is 2.99. The second kappa shape index (κ2) is 5.87. The van der Waals surface area contributed by atoms with Gasteiger partial charge in [-0.3, -0.25) is 4.79 Å². The summed E-state index contributed by atoms with van der Waals surface area (Å²) >= 11 is 3.63. The summed E-state index contributed by atoms with van der Waals surface area (Å²) in [6.07, 6.45) is 1.85. The summed E-state index contributed by atoms with van der Waals surface area (Å²) in [6, 6.07) is 0. The van der Waals surface area contributed by atoms with E-state index >= 15 is 0 Å². The van der Waals surface area contributed by atoms with E-state index < -0.39 is 0 Å². The van der Waals surface area contributed by atoms with Crippen LogP contribution < -0.4 is 0 Å². The van der Waals surface area contributed by atoms with Crippen molar-refractivity contribution in [2.45, 2.75) is 38.4 Å². The van der Waals surface area contributed by atoms with Crippen LogP contribution in [-0.4, -0.2) is 23.3 Å². The number of nitrogens with zero attached hydrogens (tertiary/aromatic N) is 1. The SMILES string of the molecule is CCOC(=O)C1CCc2sc(CSCC)nc21. The molecule has 1 heterocycles.